The maximum Gasteiger partial charge on any atom is 0.243 e. The van der Waals surface area contributed by atoms with Crippen LogP contribution in [0.2, 0.25) is 0 Å². The molecule has 0 aliphatic heterocycles. The first-order chi connectivity index (χ1) is 10.8. The fraction of sp³-hybridized carbons (Fsp3) is 0.357. The van der Waals surface area contributed by atoms with Crippen LogP contribution in [0.25, 0.3) is 0 Å². The number of nitrogens with zero attached hydrogens (tertiary/aromatic N) is 1. The molecule has 0 atom stereocenters. The van der Waals surface area contributed by atoms with Gasteiger partial charge in [-0.25, -0.2) is 17.5 Å². The molecule has 0 aliphatic carbocycles. The molecule has 2 rings (SSSR count). The fourth-order valence-electron chi connectivity index (χ4n) is 1.99. The number of sulfonamides is 1. The van der Waals surface area contributed by atoms with Crippen LogP contribution in [-0.4, -0.2) is 32.8 Å². The first-order valence-electron chi connectivity index (χ1n) is 6.71. The van der Waals surface area contributed by atoms with Crippen LogP contribution in [-0.2, 0) is 16.6 Å². The summed E-state index contributed by atoms with van der Waals surface area (Å²) in [5, 5.41) is 6.77. The van der Waals surface area contributed by atoms with Crippen LogP contribution in [0.3, 0.4) is 0 Å². The van der Waals surface area contributed by atoms with Gasteiger partial charge < -0.3 is 9.47 Å². The Labute approximate surface area is 133 Å². The summed E-state index contributed by atoms with van der Waals surface area (Å²) in [5.74, 6) is -0.686. The van der Waals surface area contributed by atoms with Crippen molar-refractivity contribution in [2.45, 2.75) is 25.3 Å². The van der Waals surface area contributed by atoms with Crippen molar-refractivity contribution in [1.29, 1.82) is 0 Å². The number of hydrogen-bond acceptors (Lipinski definition) is 5. The monoisotopic (exact) mass is 343 g/mol. The van der Waals surface area contributed by atoms with Crippen molar-refractivity contribution >= 4 is 10.0 Å². The van der Waals surface area contributed by atoms with Crippen molar-refractivity contribution in [2.75, 3.05) is 14.2 Å². The summed E-state index contributed by atoms with van der Waals surface area (Å²) in [6.45, 7) is 3.60. The Kier molecular flexibility index (Phi) is 4.90. The number of nitrogens with one attached hydrogen (secondary N) is 2. The lowest BCUT2D eigenvalue weighted by molar-refractivity contribution is 0.350. The normalized spacial score (nSPS) is 11.5. The predicted molar refractivity (Wildman–Crippen MR) is 81.6 cm³/mol. The molecule has 0 unspecified atom stereocenters. The largest absolute Gasteiger partial charge is 0.493 e. The van der Waals surface area contributed by atoms with Crippen molar-refractivity contribution in [3.63, 3.8) is 0 Å². The second-order valence-electron chi connectivity index (χ2n) is 4.88. The first kappa shape index (κ1) is 17.2. The fourth-order valence-corrected chi connectivity index (χ4v) is 3.05. The molecule has 1 heterocycles. The average Bonchev–Trinajstić information content (AvgIpc) is 2.84. The number of benzene rings is 1. The third kappa shape index (κ3) is 3.45. The molecule has 0 aliphatic rings. The second-order valence-corrected chi connectivity index (χ2v) is 6.62. The van der Waals surface area contributed by atoms with E-state index in [1.807, 2.05) is 13.8 Å². The van der Waals surface area contributed by atoms with Gasteiger partial charge in [-0.05, 0) is 19.4 Å². The minimum absolute atomic E-state index is 0.0493. The standard InChI is InChI=1S/C14H18FN3O4S/c1-8-9(2)17-18-11(8)7-16-23(19,20)14-6-13(22-4)12(21-3)5-10(14)15/h5-6,16H,7H2,1-4H3,(H,17,18). The highest BCUT2D eigenvalue weighted by molar-refractivity contribution is 7.89. The quantitative estimate of drug-likeness (QED) is 0.832. The molecule has 2 aromatic rings. The third-order valence-electron chi connectivity index (χ3n) is 3.51. The van der Waals surface area contributed by atoms with Gasteiger partial charge in [-0.15, -0.1) is 0 Å². The lowest BCUT2D eigenvalue weighted by Gasteiger charge is -2.12. The van der Waals surface area contributed by atoms with E-state index in [4.69, 9.17) is 9.47 Å². The summed E-state index contributed by atoms with van der Waals surface area (Å²) in [6, 6.07) is 2.05. The Morgan fingerprint density at radius 1 is 1.22 bits per heavy atom. The molecule has 0 fully saturated rings. The molecule has 7 nitrogen and oxygen atoms in total. The number of aromatic amines is 1. The number of aryl methyl sites for hydroxylation is 1. The minimum atomic E-state index is -4.07. The molecule has 23 heavy (non-hydrogen) atoms. The third-order valence-corrected chi connectivity index (χ3v) is 4.93. The van der Waals surface area contributed by atoms with E-state index in [1.165, 1.54) is 14.2 Å². The Morgan fingerprint density at radius 2 is 1.83 bits per heavy atom. The van der Waals surface area contributed by atoms with E-state index in [0.29, 0.717) is 5.69 Å². The van der Waals surface area contributed by atoms with Crippen LogP contribution in [0.4, 0.5) is 4.39 Å². The SMILES string of the molecule is COc1cc(F)c(S(=O)(=O)NCc2n[nH]c(C)c2C)cc1OC. The van der Waals surface area contributed by atoms with Crippen LogP contribution >= 0.6 is 0 Å². The van der Waals surface area contributed by atoms with Crippen LogP contribution in [0.1, 0.15) is 17.0 Å². The number of rotatable bonds is 6. The van der Waals surface area contributed by atoms with Gasteiger partial charge in [0.2, 0.25) is 10.0 Å². The van der Waals surface area contributed by atoms with Gasteiger partial charge in [0, 0.05) is 17.8 Å². The molecular formula is C14H18FN3O4S. The van der Waals surface area contributed by atoms with Gasteiger partial charge in [0.05, 0.1) is 26.5 Å². The highest BCUT2D eigenvalue weighted by Crippen LogP contribution is 2.31. The molecule has 9 heteroatoms. The van der Waals surface area contributed by atoms with Crippen LogP contribution in [0, 0.1) is 19.7 Å². The summed E-state index contributed by atoms with van der Waals surface area (Å²) < 4.78 is 51.0. The van der Waals surface area contributed by atoms with E-state index < -0.39 is 20.7 Å². The Bertz CT molecular complexity index is 818. The Morgan fingerprint density at radius 3 is 2.35 bits per heavy atom. The van der Waals surface area contributed by atoms with Gasteiger partial charge in [0.1, 0.15) is 10.7 Å². The van der Waals surface area contributed by atoms with E-state index in [-0.39, 0.29) is 18.0 Å². The van der Waals surface area contributed by atoms with Crippen LogP contribution in [0.5, 0.6) is 11.5 Å². The zero-order valence-electron chi connectivity index (χ0n) is 13.2. The number of methoxy groups -OCH3 is 2. The lowest BCUT2D eigenvalue weighted by Crippen LogP contribution is -2.25. The summed E-state index contributed by atoms with van der Waals surface area (Å²) in [5.41, 5.74) is 2.24. The van der Waals surface area contributed by atoms with Crippen LogP contribution < -0.4 is 14.2 Å². The van der Waals surface area contributed by atoms with E-state index in [0.717, 1.165) is 23.4 Å². The number of aromatic nitrogens is 2. The maximum atomic E-state index is 14.1. The maximum absolute atomic E-state index is 14.1. The molecule has 0 bridgehead atoms. The van der Waals surface area contributed by atoms with Crippen LogP contribution in [0.15, 0.2) is 17.0 Å². The van der Waals surface area contributed by atoms with Gasteiger partial charge >= 0.3 is 0 Å². The number of H-pyrrole nitrogens is 1. The van der Waals surface area contributed by atoms with Gasteiger partial charge in [0.15, 0.2) is 11.5 Å². The number of ether oxygens (including phenoxy) is 2. The van der Waals surface area contributed by atoms with Gasteiger partial charge in [-0.1, -0.05) is 0 Å². The topological polar surface area (TPSA) is 93.3 Å². The van der Waals surface area contributed by atoms with Crippen molar-refractivity contribution in [2.24, 2.45) is 0 Å². The van der Waals surface area contributed by atoms with E-state index in [2.05, 4.69) is 14.9 Å². The Hall–Kier alpha value is -2.13. The molecule has 0 amide bonds. The first-order valence-corrected chi connectivity index (χ1v) is 8.20. The summed E-state index contributed by atoms with van der Waals surface area (Å²) in [4.78, 5) is -0.514. The van der Waals surface area contributed by atoms with Gasteiger partial charge in [0.25, 0.3) is 0 Å². The predicted octanol–water partition coefficient (Wildman–Crippen LogP) is 1.66. The van der Waals surface area contributed by atoms with Crippen molar-refractivity contribution in [3.05, 3.63) is 34.9 Å². The molecule has 0 radical (unpaired) electrons. The van der Waals surface area contributed by atoms with E-state index >= 15 is 0 Å². The molecule has 1 aromatic carbocycles. The van der Waals surface area contributed by atoms with Gasteiger partial charge in [-0.2, -0.15) is 5.10 Å². The Balaban J connectivity index is 2.30. The van der Waals surface area contributed by atoms with E-state index in [1.54, 1.807) is 0 Å². The molecule has 1 aromatic heterocycles. The molecule has 0 saturated carbocycles. The van der Waals surface area contributed by atoms with E-state index in [9.17, 15) is 12.8 Å². The highest BCUT2D eigenvalue weighted by atomic mass is 32.2. The van der Waals surface area contributed by atoms with Crippen molar-refractivity contribution in [1.82, 2.24) is 14.9 Å². The minimum Gasteiger partial charge on any atom is -0.493 e. The molecule has 0 spiro atoms. The summed E-state index contributed by atoms with van der Waals surface area (Å²) >= 11 is 0. The van der Waals surface area contributed by atoms with Crippen molar-refractivity contribution < 1.29 is 22.3 Å². The highest BCUT2D eigenvalue weighted by Gasteiger charge is 2.23. The lowest BCUT2D eigenvalue weighted by atomic mass is 10.2. The average molecular weight is 343 g/mol. The summed E-state index contributed by atoms with van der Waals surface area (Å²) in [6.07, 6.45) is 0. The molecule has 2 N–H and O–H groups in total. The molecular weight excluding hydrogens is 325 g/mol. The van der Waals surface area contributed by atoms with Gasteiger partial charge in [-0.3, -0.25) is 5.10 Å². The zero-order chi connectivity index (χ0) is 17.2. The molecule has 126 valence electrons. The number of hydrogen-bond donors (Lipinski definition) is 2. The smallest absolute Gasteiger partial charge is 0.243 e. The second kappa shape index (κ2) is 6.55. The van der Waals surface area contributed by atoms with Crippen molar-refractivity contribution in [3.8, 4) is 11.5 Å². The summed E-state index contributed by atoms with van der Waals surface area (Å²) in [7, 11) is -1.39. The zero-order valence-corrected chi connectivity index (χ0v) is 14.0. The number of halogens is 1. The molecule has 0 saturated heterocycles.